The summed E-state index contributed by atoms with van der Waals surface area (Å²) in [5.74, 6) is 0. The largest absolute Gasteiger partial charge is 0.403 e. The van der Waals surface area contributed by atoms with E-state index in [9.17, 15) is 12.8 Å². The first-order chi connectivity index (χ1) is 4.55. The number of alkyl halides is 1. The van der Waals surface area contributed by atoms with Gasteiger partial charge in [0.25, 0.3) is 0 Å². The molecule has 0 aliphatic carbocycles. The lowest BCUT2D eigenvalue weighted by Crippen LogP contribution is -2.15. The molecule has 0 radical (unpaired) electrons. The SMILES string of the molecule is CCC1OS(=O)(=O)OC1F. The molecular formula is C4H7FO4S. The molecule has 1 saturated heterocycles. The van der Waals surface area contributed by atoms with Gasteiger partial charge >= 0.3 is 10.4 Å². The number of halogens is 1. The molecule has 1 fully saturated rings. The van der Waals surface area contributed by atoms with Gasteiger partial charge in [-0.15, -0.1) is 0 Å². The summed E-state index contributed by atoms with van der Waals surface area (Å²) in [5.41, 5.74) is 0. The normalized spacial score (nSPS) is 38.2. The third kappa shape index (κ3) is 1.44. The number of hydrogen-bond acceptors (Lipinski definition) is 4. The molecule has 0 bridgehead atoms. The average molecular weight is 170 g/mol. The Hall–Kier alpha value is -0.200. The van der Waals surface area contributed by atoms with Crippen LogP contribution in [0.1, 0.15) is 13.3 Å². The van der Waals surface area contributed by atoms with Crippen molar-refractivity contribution in [2.45, 2.75) is 25.8 Å². The van der Waals surface area contributed by atoms with Crippen molar-refractivity contribution in [2.75, 3.05) is 0 Å². The fourth-order valence-corrected chi connectivity index (χ4v) is 1.57. The molecule has 0 aromatic rings. The molecule has 1 aliphatic rings. The molecule has 1 rings (SSSR count). The molecule has 0 amide bonds. The van der Waals surface area contributed by atoms with Crippen molar-refractivity contribution in [3.63, 3.8) is 0 Å². The van der Waals surface area contributed by atoms with Crippen LogP contribution in [0.4, 0.5) is 4.39 Å². The maximum absolute atomic E-state index is 12.4. The molecule has 0 N–H and O–H groups in total. The van der Waals surface area contributed by atoms with E-state index < -0.39 is 22.9 Å². The van der Waals surface area contributed by atoms with Gasteiger partial charge < -0.3 is 0 Å². The first-order valence-electron chi connectivity index (χ1n) is 2.80. The zero-order valence-corrected chi connectivity index (χ0v) is 6.10. The Balaban J connectivity index is 2.71. The van der Waals surface area contributed by atoms with Gasteiger partial charge in [-0.1, -0.05) is 6.92 Å². The summed E-state index contributed by atoms with van der Waals surface area (Å²) in [4.78, 5) is 0. The molecule has 4 nitrogen and oxygen atoms in total. The van der Waals surface area contributed by atoms with Crippen LogP contribution in [-0.4, -0.2) is 20.9 Å². The minimum Gasteiger partial charge on any atom is -0.239 e. The highest BCUT2D eigenvalue weighted by Gasteiger charge is 2.38. The van der Waals surface area contributed by atoms with Crippen LogP contribution in [0.2, 0.25) is 0 Å². The van der Waals surface area contributed by atoms with E-state index in [0.717, 1.165) is 0 Å². The molecule has 0 aromatic carbocycles. The third-order valence-corrected chi connectivity index (χ3v) is 2.05. The Morgan fingerprint density at radius 2 is 2.10 bits per heavy atom. The van der Waals surface area contributed by atoms with E-state index in [1.54, 1.807) is 6.92 Å². The Kier molecular flexibility index (Phi) is 1.93. The van der Waals surface area contributed by atoms with Crippen LogP contribution < -0.4 is 0 Å². The van der Waals surface area contributed by atoms with Crippen LogP contribution in [0.15, 0.2) is 0 Å². The monoisotopic (exact) mass is 170 g/mol. The van der Waals surface area contributed by atoms with Crippen LogP contribution in [0.25, 0.3) is 0 Å². The van der Waals surface area contributed by atoms with Crippen molar-refractivity contribution in [2.24, 2.45) is 0 Å². The Labute approximate surface area is 58.3 Å². The maximum atomic E-state index is 12.4. The van der Waals surface area contributed by atoms with Gasteiger partial charge in [0.1, 0.15) is 6.10 Å². The molecule has 1 aliphatic heterocycles. The summed E-state index contributed by atoms with van der Waals surface area (Å²) >= 11 is 0. The van der Waals surface area contributed by atoms with E-state index in [2.05, 4.69) is 8.37 Å². The quantitative estimate of drug-likeness (QED) is 0.569. The van der Waals surface area contributed by atoms with Crippen LogP contribution in [-0.2, 0) is 18.8 Å². The lowest BCUT2D eigenvalue weighted by molar-refractivity contribution is 0.0374. The van der Waals surface area contributed by atoms with E-state index in [1.807, 2.05) is 0 Å². The van der Waals surface area contributed by atoms with Gasteiger partial charge in [-0.05, 0) is 6.42 Å². The van der Waals surface area contributed by atoms with Crippen LogP contribution >= 0.6 is 0 Å². The molecule has 10 heavy (non-hydrogen) atoms. The molecule has 0 aromatic heterocycles. The van der Waals surface area contributed by atoms with Crippen molar-refractivity contribution in [3.8, 4) is 0 Å². The molecule has 60 valence electrons. The number of hydrogen-bond donors (Lipinski definition) is 0. The summed E-state index contributed by atoms with van der Waals surface area (Å²) in [6, 6.07) is 0. The van der Waals surface area contributed by atoms with Gasteiger partial charge in [-0.25, -0.2) is 12.8 Å². The molecule has 0 saturated carbocycles. The van der Waals surface area contributed by atoms with Gasteiger partial charge in [0.2, 0.25) is 6.36 Å². The Morgan fingerprint density at radius 3 is 2.30 bits per heavy atom. The van der Waals surface area contributed by atoms with Gasteiger partial charge in [0.05, 0.1) is 0 Å². The second-order valence-electron chi connectivity index (χ2n) is 1.90. The summed E-state index contributed by atoms with van der Waals surface area (Å²) in [7, 11) is -4.03. The number of rotatable bonds is 1. The van der Waals surface area contributed by atoms with Gasteiger partial charge in [-0.2, -0.15) is 8.42 Å². The molecule has 2 unspecified atom stereocenters. The van der Waals surface area contributed by atoms with E-state index in [4.69, 9.17) is 0 Å². The van der Waals surface area contributed by atoms with Crippen molar-refractivity contribution >= 4 is 10.4 Å². The summed E-state index contributed by atoms with van der Waals surface area (Å²) in [5, 5.41) is 0. The zero-order valence-electron chi connectivity index (χ0n) is 5.28. The molecule has 0 spiro atoms. The Morgan fingerprint density at radius 1 is 1.50 bits per heavy atom. The highest BCUT2D eigenvalue weighted by atomic mass is 32.3. The minimum absolute atomic E-state index is 0.278. The summed E-state index contributed by atoms with van der Waals surface area (Å²) in [6.45, 7) is 1.61. The molecule has 1 heterocycles. The lowest BCUT2D eigenvalue weighted by atomic mass is 10.3. The van der Waals surface area contributed by atoms with Crippen molar-refractivity contribution < 1.29 is 21.2 Å². The zero-order chi connectivity index (χ0) is 7.78. The summed E-state index contributed by atoms with van der Waals surface area (Å²) < 4.78 is 41.0. The van der Waals surface area contributed by atoms with Crippen molar-refractivity contribution in [1.82, 2.24) is 0 Å². The fourth-order valence-electron chi connectivity index (χ4n) is 0.646. The summed E-state index contributed by atoms with van der Waals surface area (Å²) in [6.07, 6.45) is -2.53. The van der Waals surface area contributed by atoms with Crippen LogP contribution in [0.5, 0.6) is 0 Å². The average Bonchev–Trinajstić information content (AvgIpc) is 2.05. The van der Waals surface area contributed by atoms with Crippen molar-refractivity contribution in [3.05, 3.63) is 0 Å². The van der Waals surface area contributed by atoms with E-state index >= 15 is 0 Å². The first kappa shape index (κ1) is 7.90. The molecule has 6 heteroatoms. The standard InChI is InChI=1S/C4H7FO4S/c1-2-3-4(5)9-10(6,7)8-3/h3-4H,2H2,1H3. The highest BCUT2D eigenvalue weighted by Crippen LogP contribution is 2.23. The third-order valence-electron chi connectivity index (χ3n) is 1.15. The first-order valence-corrected chi connectivity index (χ1v) is 4.14. The lowest BCUT2D eigenvalue weighted by Gasteiger charge is -2.00. The highest BCUT2D eigenvalue weighted by molar-refractivity contribution is 7.82. The van der Waals surface area contributed by atoms with Crippen molar-refractivity contribution in [1.29, 1.82) is 0 Å². The van der Waals surface area contributed by atoms with Crippen LogP contribution in [0, 0.1) is 0 Å². The van der Waals surface area contributed by atoms with E-state index in [-0.39, 0.29) is 6.42 Å². The second-order valence-corrected chi connectivity index (χ2v) is 3.10. The minimum atomic E-state index is -4.03. The van der Waals surface area contributed by atoms with Crippen LogP contribution in [0.3, 0.4) is 0 Å². The second kappa shape index (κ2) is 2.44. The fraction of sp³-hybridized carbons (Fsp3) is 1.00. The maximum Gasteiger partial charge on any atom is 0.403 e. The Bertz CT molecular complexity index is 211. The predicted octanol–water partition coefficient (Wildman–Crippen LogP) is 0.352. The van der Waals surface area contributed by atoms with Gasteiger partial charge in [0.15, 0.2) is 0 Å². The van der Waals surface area contributed by atoms with E-state index in [1.165, 1.54) is 0 Å². The molecular weight excluding hydrogens is 163 g/mol. The predicted molar refractivity (Wildman–Crippen MR) is 30.1 cm³/mol. The topological polar surface area (TPSA) is 52.6 Å². The van der Waals surface area contributed by atoms with Gasteiger partial charge in [0, 0.05) is 0 Å². The smallest absolute Gasteiger partial charge is 0.239 e. The molecule has 2 atom stereocenters. The van der Waals surface area contributed by atoms with Gasteiger partial charge in [-0.3, -0.25) is 0 Å². The van der Waals surface area contributed by atoms with E-state index in [0.29, 0.717) is 0 Å².